The highest BCUT2D eigenvalue weighted by atomic mass is 16.5. The Kier molecular flexibility index (Phi) is 4.43. The van der Waals surface area contributed by atoms with Crippen molar-refractivity contribution < 1.29 is 14.3 Å². The first-order valence-electron chi connectivity index (χ1n) is 11.2. The Balaban J connectivity index is 1.17. The molecule has 4 atom stereocenters. The van der Waals surface area contributed by atoms with Gasteiger partial charge in [-0.3, -0.25) is 9.59 Å². The Morgan fingerprint density at radius 2 is 1.97 bits per heavy atom. The number of aromatic amines is 1. The Labute approximate surface area is 186 Å². The highest BCUT2D eigenvalue weighted by Crippen LogP contribution is 2.51. The summed E-state index contributed by atoms with van der Waals surface area (Å²) in [5.41, 5.74) is 2.66. The highest BCUT2D eigenvalue weighted by Gasteiger charge is 2.66. The minimum absolute atomic E-state index is 0.0246. The summed E-state index contributed by atoms with van der Waals surface area (Å²) >= 11 is 0. The summed E-state index contributed by atoms with van der Waals surface area (Å²) in [6, 6.07) is 18.0. The molecule has 0 radical (unpaired) electrons. The van der Waals surface area contributed by atoms with Gasteiger partial charge in [0.2, 0.25) is 11.8 Å². The van der Waals surface area contributed by atoms with Crippen LogP contribution in [0.2, 0.25) is 0 Å². The second kappa shape index (κ2) is 7.35. The Hall–Kier alpha value is -3.38. The first-order valence-corrected chi connectivity index (χ1v) is 11.2. The van der Waals surface area contributed by atoms with Gasteiger partial charge in [0.05, 0.1) is 24.5 Å². The zero-order chi connectivity index (χ0) is 21.7. The molecule has 6 nitrogen and oxygen atoms in total. The van der Waals surface area contributed by atoms with Gasteiger partial charge in [-0.25, -0.2) is 0 Å². The van der Waals surface area contributed by atoms with E-state index in [1.165, 1.54) is 10.9 Å². The molecule has 2 N–H and O–H groups in total. The third kappa shape index (κ3) is 2.98. The van der Waals surface area contributed by atoms with Crippen molar-refractivity contribution in [1.82, 2.24) is 15.2 Å². The smallest absolute Gasteiger partial charge is 0.230 e. The third-order valence-corrected chi connectivity index (χ3v) is 7.12. The normalized spacial score (nSPS) is 27.9. The maximum Gasteiger partial charge on any atom is 0.230 e. The average Bonchev–Trinajstić information content (AvgIpc) is 3.56. The first-order chi connectivity index (χ1) is 15.6. The highest BCUT2D eigenvalue weighted by molar-refractivity contribution is 5.93. The fourth-order valence-corrected chi connectivity index (χ4v) is 5.56. The standard InChI is InChI=1S/C26H25N3O3/c30-24(28-14-17-6-2-1-3-7-17)22-21-10-12-26(32-21)16-29(25(31)23(22)26)13-11-18-15-27-20-9-5-4-8-19(18)20/h1-10,12,15,21-23,27H,11,13-14,16H2,(H,28,30)/t21-,22+,23-,26+/m1/s1. The van der Waals surface area contributed by atoms with Crippen LogP contribution < -0.4 is 5.32 Å². The molecule has 2 aromatic carbocycles. The van der Waals surface area contributed by atoms with Crippen LogP contribution >= 0.6 is 0 Å². The lowest BCUT2D eigenvalue weighted by Gasteiger charge is -2.23. The van der Waals surface area contributed by atoms with Crippen molar-refractivity contribution in [3.8, 4) is 0 Å². The Morgan fingerprint density at radius 1 is 1.16 bits per heavy atom. The Bertz CT molecular complexity index is 1220. The van der Waals surface area contributed by atoms with E-state index in [2.05, 4.69) is 22.4 Å². The molecule has 1 aromatic heterocycles. The lowest BCUT2D eigenvalue weighted by Crippen LogP contribution is -2.44. The van der Waals surface area contributed by atoms with E-state index in [1.54, 1.807) is 0 Å². The molecule has 3 aromatic rings. The number of hydrogen-bond donors (Lipinski definition) is 2. The van der Waals surface area contributed by atoms with E-state index >= 15 is 0 Å². The van der Waals surface area contributed by atoms with Gasteiger partial charge >= 0.3 is 0 Å². The van der Waals surface area contributed by atoms with Gasteiger partial charge in [-0.1, -0.05) is 60.7 Å². The Morgan fingerprint density at radius 3 is 2.84 bits per heavy atom. The third-order valence-electron chi connectivity index (χ3n) is 7.12. The number of nitrogens with one attached hydrogen (secondary N) is 2. The van der Waals surface area contributed by atoms with Crippen LogP contribution in [0.1, 0.15) is 11.1 Å². The predicted octanol–water partition coefficient (Wildman–Crippen LogP) is 2.81. The zero-order valence-corrected chi connectivity index (χ0v) is 17.7. The summed E-state index contributed by atoms with van der Waals surface area (Å²) in [4.78, 5) is 31.7. The summed E-state index contributed by atoms with van der Waals surface area (Å²) in [5.74, 6) is -1.01. The molecule has 3 aliphatic heterocycles. The van der Waals surface area contributed by atoms with Crippen molar-refractivity contribution in [3.63, 3.8) is 0 Å². The summed E-state index contributed by atoms with van der Waals surface area (Å²) in [6.07, 6.45) is 6.42. The maximum absolute atomic E-state index is 13.4. The molecule has 2 saturated heterocycles. The largest absolute Gasteiger partial charge is 0.361 e. The molecule has 6 heteroatoms. The van der Waals surface area contributed by atoms with Gasteiger partial charge in [-0.05, 0) is 23.6 Å². The molecule has 0 unspecified atom stereocenters. The number of nitrogens with zero attached hydrogens (tertiary/aromatic N) is 1. The van der Waals surface area contributed by atoms with Crippen LogP contribution in [0.25, 0.3) is 10.9 Å². The molecule has 1 spiro atoms. The van der Waals surface area contributed by atoms with Crippen molar-refractivity contribution in [3.05, 3.63) is 84.1 Å². The quantitative estimate of drug-likeness (QED) is 0.594. The summed E-state index contributed by atoms with van der Waals surface area (Å²) in [5, 5.41) is 4.20. The van der Waals surface area contributed by atoms with Gasteiger partial charge in [-0.15, -0.1) is 0 Å². The molecule has 4 heterocycles. The van der Waals surface area contributed by atoms with Gasteiger partial charge in [0.25, 0.3) is 0 Å². The SMILES string of the molecule is O=C(NCc1ccccc1)[C@H]1[C@H]2C=C[C@@]3(CN(CCc4c[nH]c5ccccc45)C(=O)[C@@H]13)O2. The number of aromatic nitrogens is 1. The zero-order valence-electron chi connectivity index (χ0n) is 17.7. The van der Waals surface area contributed by atoms with Crippen LogP contribution in [0.15, 0.2) is 72.9 Å². The number of likely N-dealkylation sites (tertiary alicyclic amines) is 1. The molecule has 0 saturated carbocycles. The number of para-hydroxylation sites is 1. The van der Waals surface area contributed by atoms with Crippen molar-refractivity contribution in [1.29, 1.82) is 0 Å². The number of hydrogen-bond acceptors (Lipinski definition) is 3. The maximum atomic E-state index is 13.4. The van der Waals surface area contributed by atoms with E-state index in [-0.39, 0.29) is 17.9 Å². The molecule has 3 aliphatic rings. The number of benzene rings is 2. The predicted molar refractivity (Wildman–Crippen MR) is 121 cm³/mol. The number of amides is 2. The lowest BCUT2D eigenvalue weighted by molar-refractivity contribution is -0.137. The number of ether oxygens (including phenoxy) is 1. The van der Waals surface area contributed by atoms with Crippen molar-refractivity contribution in [2.75, 3.05) is 13.1 Å². The molecular formula is C26H25N3O3. The topological polar surface area (TPSA) is 74.4 Å². The number of fused-ring (bicyclic) bond motifs is 2. The molecule has 2 fully saturated rings. The fourth-order valence-electron chi connectivity index (χ4n) is 5.56. The number of carbonyl (C=O) groups is 2. The van der Waals surface area contributed by atoms with Crippen LogP contribution in [-0.2, 0) is 27.3 Å². The second-order valence-corrected chi connectivity index (χ2v) is 8.97. The monoisotopic (exact) mass is 427 g/mol. The number of H-pyrrole nitrogens is 1. The minimum atomic E-state index is -0.670. The molecule has 2 bridgehead atoms. The van der Waals surface area contributed by atoms with Crippen LogP contribution in [-0.4, -0.2) is 46.5 Å². The molecule has 6 rings (SSSR count). The number of rotatable bonds is 6. The van der Waals surface area contributed by atoms with Crippen molar-refractivity contribution in [2.45, 2.75) is 24.7 Å². The van der Waals surface area contributed by atoms with Crippen LogP contribution in [0.3, 0.4) is 0 Å². The van der Waals surface area contributed by atoms with E-state index in [0.717, 1.165) is 17.5 Å². The summed E-state index contributed by atoms with van der Waals surface area (Å²) in [7, 11) is 0. The van der Waals surface area contributed by atoms with E-state index < -0.39 is 17.4 Å². The van der Waals surface area contributed by atoms with E-state index in [9.17, 15) is 9.59 Å². The van der Waals surface area contributed by atoms with Crippen LogP contribution in [0.5, 0.6) is 0 Å². The van der Waals surface area contributed by atoms with Crippen LogP contribution in [0.4, 0.5) is 0 Å². The summed E-state index contributed by atoms with van der Waals surface area (Å²) in [6.45, 7) is 1.57. The van der Waals surface area contributed by atoms with Gasteiger partial charge in [0.15, 0.2) is 0 Å². The fraction of sp³-hybridized carbons (Fsp3) is 0.308. The van der Waals surface area contributed by atoms with Crippen LogP contribution in [0, 0.1) is 11.8 Å². The van der Waals surface area contributed by atoms with E-state index in [1.807, 2.05) is 65.7 Å². The second-order valence-electron chi connectivity index (χ2n) is 8.97. The average molecular weight is 428 g/mol. The number of carbonyl (C=O) groups excluding carboxylic acids is 2. The first kappa shape index (κ1) is 19.3. The molecule has 0 aliphatic carbocycles. The molecule has 32 heavy (non-hydrogen) atoms. The van der Waals surface area contributed by atoms with Crippen molar-refractivity contribution >= 4 is 22.7 Å². The van der Waals surface area contributed by atoms with E-state index in [0.29, 0.717) is 19.6 Å². The van der Waals surface area contributed by atoms with Gasteiger partial charge < -0.3 is 19.9 Å². The van der Waals surface area contributed by atoms with Gasteiger partial charge in [0.1, 0.15) is 5.60 Å². The molecule has 162 valence electrons. The van der Waals surface area contributed by atoms with Gasteiger partial charge in [-0.2, -0.15) is 0 Å². The molecular weight excluding hydrogens is 402 g/mol. The lowest BCUT2D eigenvalue weighted by atomic mass is 9.77. The van der Waals surface area contributed by atoms with Crippen molar-refractivity contribution in [2.24, 2.45) is 11.8 Å². The van der Waals surface area contributed by atoms with Gasteiger partial charge in [0, 0.05) is 30.2 Å². The molecule has 2 amide bonds. The summed E-state index contributed by atoms with van der Waals surface area (Å²) < 4.78 is 6.24. The van der Waals surface area contributed by atoms with E-state index in [4.69, 9.17) is 4.74 Å². The minimum Gasteiger partial charge on any atom is -0.361 e.